The highest BCUT2D eigenvalue weighted by atomic mass is 35.5. The second-order valence-electron chi connectivity index (χ2n) is 6.94. The van der Waals surface area contributed by atoms with Gasteiger partial charge in [-0.25, -0.2) is 9.97 Å². The Morgan fingerprint density at radius 1 is 1.32 bits per heavy atom. The van der Waals surface area contributed by atoms with Gasteiger partial charge in [0, 0.05) is 35.6 Å². The number of fused-ring (bicyclic) bond motifs is 1. The van der Waals surface area contributed by atoms with Crippen LogP contribution in [0.5, 0.6) is 0 Å². The molecule has 1 aliphatic heterocycles. The fraction of sp³-hybridized carbons (Fsp3) is 0.333. The number of carbonyl (C=O) groups is 2. The zero-order valence-electron chi connectivity index (χ0n) is 13.9. The zero-order chi connectivity index (χ0) is 17.8. The van der Waals surface area contributed by atoms with Crippen LogP contribution in [-0.4, -0.2) is 27.8 Å². The van der Waals surface area contributed by atoms with Gasteiger partial charge in [0.1, 0.15) is 11.0 Å². The van der Waals surface area contributed by atoms with Gasteiger partial charge in [-0.3, -0.25) is 9.59 Å². The van der Waals surface area contributed by atoms with Crippen molar-refractivity contribution in [2.75, 3.05) is 10.2 Å². The van der Waals surface area contributed by atoms with E-state index in [1.54, 1.807) is 18.3 Å². The van der Waals surface area contributed by atoms with Crippen LogP contribution in [0.1, 0.15) is 42.6 Å². The molecule has 1 fully saturated rings. The Morgan fingerprint density at radius 2 is 2.08 bits per heavy atom. The quantitative estimate of drug-likeness (QED) is 0.857. The molecule has 0 aromatic carbocycles. The number of nitrogens with zero attached hydrogens (tertiary/aromatic N) is 3. The van der Waals surface area contributed by atoms with Gasteiger partial charge in [0.2, 0.25) is 5.91 Å². The third-order valence-electron chi connectivity index (χ3n) is 4.71. The number of nitrogens with one attached hydrogen (secondary N) is 1. The molecule has 1 N–H and O–H groups in total. The molecule has 2 aromatic rings. The van der Waals surface area contributed by atoms with Crippen molar-refractivity contribution < 1.29 is 9.59 Å². The van der Waals surface area contributed by atoms with E-state index in [-0.39, 0.29) is 23.0 Å². The largest absolute Gasteiger partial charge is 0.308 e. The summed E-state index contributed by atoms with van der Waals surface area (Å²) < 4.78 is 0. The number of hydrogen-bond donors (Lipinski definition) is 1. The highest BCUT2D eigenvalue weighted by Crippen LogP contribution is 2.46. The molecule has 1 saturated carbocycles. The Balaban J connectivity index is 1.65. The van der Waals surface area contributed by atoms with Gasteiger partial charge in [0.05, 0.1) is 11.1 Å². The molecule has 0 bridgehead atoms. The van der Waals surface area contributed by atoms with Crippen LogP contribution in [0, 0.1) is 0 Å². The number of amides is 2. The van der Waals surface area contributed by atoms with E-state index in [4.69, 9.17) is 11.6 Å². The monoisotopic (exact) mass is 356 g/mol. The van der Waals surface area contributed by atoms with Crippen molar-refractivity contribution >= 4 is 34.9 Å². The van der Waals surface area contributed by atoms with Crippen LogP contribution in [0.2, 0.25) is 5.15 Å². The molecule has 6 nitrogen and oxygen atoms in total. The molecule has 2 aromatic heterocycles. The summed E-state index contributed by atoms with van der Waals surface area (Å²) in [6.07, 6.45) is 5.19. The van der Waals surface area contributed by atoms with Crippen molar-refractivity contribution in [1.29, 1.82) is 0 Å². The number of pyridine rings is 2. The summed E-state index contributed by atoms with van der Waals surface area (Å²) in [5, 5.41) is 3.01. The standard InChI is InChI=1S/C18H17ClN4O2/c1-18(2)12-9-21-15(8-13(12)23(17(18)25)11-3-4-11)22-16(24)10-5-6-20-14(19)7-10/h5-9,11H,3-4H2,1-2H3,(H,21,22,24). The predicted octanol–water partition coefficient (Wildman–Crippen LogP) is 3.17. The van der Waals surface area contributed by atoms with Crippen LogP contribution in [0.15, 0.2) is 30.6 Å². The molecule has 0 unspecified atom stereocenters. The highest BCUT2D eigenvalue weighted by Gasteiger charge is 2.49. The second-order valence-corrected chi connectivity index (χ2v) is 7.33. The van der Waals surface area contributed by atoms with Crippen molar-refractivity contribution in [2.45, 2.75) is 38.1 Å². The molecule has 1 aliphatic carbocycles. The minimum atomic E-state index is -0.591. The first-order valence-corrected chi connectivity index (χ1v) is 8.53. The molecule has 0 radical (unpaired) electrons. The summed E-state index contributed by atoms with van der Waals surface area (Å²) >= 11 is 5.83. The van der Waals surface area contributed by atoms with E-state index in [1.165, 1.54) is 12.3 Å². The molecule has 0 atom stereocenters. The zero-order valence-corrected chi connectivity index (χ0v) is 14.7. The molecule has 7 heteroatoms. The molecule has 25 heavy (non-hydrogen) atoms. The first kappa shape index (κ1) is 16.0. The fourth-order valence-electron chi connectivity index (χ4n) is 3.15. The summed E-state index contributed by atoms with van der Waals surface area (Å²) in [5.41, 5.74) is 1.55. The molecular weight excluding hydrogens is 340 g/mol. The molecular formula is C18H17ClN4O2. The maximum absolute atomic E-state index is 12.7. The van der Waals surface area contributed by atoms with Crippen LogP contribution in [0.3, 0.4) is 0 Å². The smallest absolute Gasteiger partial charge is 0.256 e. The van der Waals surface area contributed by atoms with Crippen LogP contribution in [0.4, 0.5) is 11.5 Å². The maximum atomic E-state index is 12.7. The van der Waals surface area contributed by atoms with E-state index < -0.39 is 5.41 Å². The summed E-state index contributed by atoms with van der Waals surface area (Å²) in [6, 6.07) is 5.12. The number of carbonyl (C=O) groups excluding carboxylic acids is 2. The topological polar surface area (TPSA) is 75.2 Å². The Labute approximate surface area is 150 Å². The Kier molecular flexibility index (Phi) is 3.54. The van der Waals surface area contributed by atoms with Crippen molar-refractivity contribution in [3.8, 4) is 0 Å². The lowest BCUT2D eigenvalue weighted by atomic mass is 9.87. The van der Waals surface area contributed by atoms with Crippen LogP contribution in [-0.2, 0) is 10.2 Å². The summed E-state index contributed by atoms with van der Waals surface area (Å²) in [5.74, 6) is 0.183. The number of aromatic nitrogens is 2. The number of halogens is 1. The van der Waals surface area contributed by atoms with E-state index in [9.17, 15) is 9.59 Å². The molecule has 128 valence electrons. The summed E-state index contributed by atoms with van der Waals surface area (Å²) in [4.78, 5) is 35.2. The van der Waals surface area contributed by atoms with Gasteiger partial charge in [0.25, 0.3) is 5.91 Å². The van der Waals surface area contributed by atoms with Crippen LogP contribution in [0.25, 0.3) is 0 Å². The average molecular weight is 357 g/mol. The lowest BCUT2D eigenvalue weighted by Crippen LogP contribution is -2.37. The normalized spacial score (nSPS) is 18.2. The third kappa shape index (κ3) is 2.66. The van der Waals surface area contributed by atoms with Gasteiger partial charge in [0.15, 0.2) is 0 Å². The number of hydrogen-bond acceptors (Lipinski definition) is 4. The Hall–Kier alpha value is -2.47. The fourth-order valence-corrected chi connectivity index (χ4v) is 3.32. The lowest BCUT2D eigenvalue weighted by molar-refractivity contribution is -0.122. The first-order chi connectivity index (χ1) is 11.9. The number of anilines is 2. The molecule has 3 heterocycles. The van der Waals surface area contributed by atoms with Crippen molar-refractivity contribution in [1.82, 2.24) is 9.97 Å². The Bertz CT molecular complexity index is 892. The SMILES string of the molecule is CC1(C)C(=O)N(C2CC2)c2cc(NC(=O)c3ccnc(Cl)c3)ncc21. The van der Waals surface area contributed by atoms with Gasteiger partial charge in [-0.15, -0.1) is 0 Å². The van der Waals surface area contributed by atoms with Crippen molar-refractivity contribution in [2.24, 2.45) is 0 Å². The van der Waals surface area contributed by atoms with E-state index >= 15 is 0 Å². The van der Waals surface area contributed by atoms with Gasteiger partial charge in [-0.1, -0.05) is 11.6 Å². The molecule has 4 rings (SSSR count). The minimum Gasteiger partial charge on any atom is -0.308 e. The van der Waals surface area contributed by atoms with Gasteiger partial charge >= 0.3 is 0 Å². The summed E-state index contributed by atoms with van der Waals surface area (Å²) in [6.45, 7) is 3.82. The molecule has 2 amide bonds. The van der Waals surface area contributed by atoms with Gasteiger partial charge in [-0.05, 0) is 38.8 Å². The average Bonchev–Trinajstić information content (AvgIpc) is 3.37. The highest BCUT2D eigenvalue weighted by molar-refractivity contribution is 6.29. The van der Waals surface area contributed by atoms with Crippen LogP contribution >= 0.6 is 11.6 Å². The van der Waals surface area contributed by atoms with Gasteiger partial charge in [-0.2, -0.15) is 0 Å². The van der Waals surface area contributed by atoms with Crippen molar-refractivity contribution in [3.05, 3.63) is 46.9 Å². The maximum Gasteiger partial charge on any atom is 0.256 e. The number of rotatable bonds is 3. The molecule has 0 saturated heterocycles. The van der Waals surface area contributed by atoms with E-state index in [2.05, 4.69) is 15.3 Å². The minimum absolute atomic E-state index is 0.0937. The van der Waals surface area contributed by atoms with Crippen LogP contribution < -0.4 is 10.2 Å². The predicted molar refractivity (Wildman–Crippen MR) is 95.0 cm³/mol. The van der Waals surface area contributed by atoms with E-state index in [1.807, 2.05) is 18.7 Å². The summed E-state index contributed by atoms with van der Waals surface area (Å²) in [7, 11) is 0. The molecule has 2 aliphatic rings. The van der Waals surface area contributed by atoms with E-state index in [0.717, 1.165) is 24.1 Å². The first-order valence-electron chi connectivity index (χ1n) is 8.15. The third-order valence-corrected chi connectivity index (χ3v) is 4.92. The van der Waals surface area contributed by atoms with E-state index in [0.29, 0.717) is 11.4 Å². The lowest BCUT2D eigenvalue weighted by Gasteiger charge is -2.19. The molecule has 0 spiro atoms. The Morgan fingerprint density at radius 3 is 2.76 bits per heavy atom. The second kappa shape index (κ2) is 5.52. The van der Waals surface area contributed by atoms with Crippen molar-refractivity contribution in [3.63, 3.8) is 0 Å². The van der Waals surface area contributed by atoms with Gasteiger partial charge < -0.3 is 10.2 Å².